The molecule has 0 aromatic heterocycles. The van der Waals surface area contributed by atoms with Crippen LogP contribution in [0.2, 0.25) is 0 Å². The van der Waals surface area contributed by atoms with Gasteiger partial charge in [0.05, 0.1) is 0 Å². The van der Waals surface area contributed by atoms with E-state index >= 15 is 0 Å². The fourth-order valence-corrected chi connectivity index (χ4v) is 3.50. The van der Waals surface area contributed by atoms with E-state index in [2.05, 4.69) is 31.0 Å². The van der Waals surface area contributed by atoms with Gasteiger partial charge in [-0.1, -0.05) is 39.5 Å². The standard InChI is InChI=1S/C15H30N2/c1-4-12(2)15-11-17(13(3)10-16-15)14-8-6-5-7-9-14/h12-16H,4-11H2,1-3H3. The topological polar surface area (TPSA) is 15.3 Å². The van der Waals surface area contributed by atoms with E-state index in [1.807, 2.05) is 0 Å². The van der Waals surface area contributed by atoms with E-state index in [1.165, 1.54) is 51.6 Å². The van der Waals surface area contributed by atoms with Gasteiger partial charge in [0.2, 0.25) is 0 Å². The van der Waals surface area contributed by atoms with Crippen molar-refractivity contribution in [1.29, 1.82) is 0 Å². The van der Waals surface area contributed by atoms with Gasteiger partial charge in [-0.15, -0.1) is 0 Å². The van der Waals surface area contributed by atoms with Gasteiger partial charge in [0.25, 0.3) is 0 Å². The molecule has 1 saturated heterocycles. The number of hydrogen-bond acceptors (Lipinski definition) is 2. The molecule has 2 heteroatoms. The van der Waals surface area contributed by atoms with E-state index in [0.29, 0.717) is 0 Å². The molecule has 3 unspecified atom stereocenters. The van der Waals surface area contributed by atoms with E-state index in [1.54, 1.807) is 0 Å². The Kier molecular flexibility index (Phi) is 4.87. The summed E-state index contributed by atoms with van der Waals surface area (Å²) in [5.41, 5.74) is 0. The van der Waals surface area contributed by atoms with E-state index in [4.69, 9.17) is 0 Å². The van der Waals surface area contributed by atoms with Crippen molar-refractivity contribution in [2.45, 2.75) is 77.4 Å². The first kappa shape index (κ1) is 13.4. The van der Waals surface area contributed by atoms with Crippen LogP contribution in [0.1, 0.15) is 59.3 Å². The largest absolute Gasteiger partial charge is 0.311 e. The molecule has 2 fully saturated rings. The lowest BCUT2D eigenvalue weighted by molar-refractivity contribution is 0.0572. The average molecular weight is 238 g/mol. The first-order chi connectivity index (χ1) is 8.22. The molecule has 1 N–H and O–H groups in total. The van der Waals surface area contributed by atoms with Gasteiger partial charge in [-0.25, -0.2) is 0 Å². The first-order valence-electron chi connectivity index (χ1n) is 7.71. The second-order valence-corrected chi connectivity index (χ2v) is 6.24. The number of piperazine rings is 1. The molecule has 100 valence electrons. The lowest BCUT2D eigenvalue weighted by atomic mass is 9.89. The molecule has 2 aliphatic rings. The number of rotatable bonds is 3. The Morgan fingerprint density at radius 2 is 1.94 bits per heavy atom. The molecule has 0 aromatic carbocycles. The van der Waals surface area contributed by atoms with Gasteiger partial charge in [0.1, 0.15) is 0 Å². The fraction of sp³-hybridized carbons (Fsp3) is 1.00. The summed E-state index contributed by atoms with van der Waals surface area (Å²) >= 11 is 0. The highest BCUT2D eigenvalue weighted by Gasteiger charge is 2.32. The molecular weight excluding hydrogens is 208 g/mol. The third-order valence-corrected chi connectivity index (χ3v) is 5.02. The monoisotopic (exact) mass is 238 g/mol. The molecule has 3 atom stereocenters. The summed E-state index contributed by atoms with van der Waals surface area (Å²) < 4.78 is 0. The molecule has 0 spiro atoms. The molecule has 17 heavy (non-hydrogen) atoms. The van der Waals surface area contributed by atoms with Crippen LogP contribution in [0.25, 0.3) is 0 Å². The zero-order valence-corrected chi connectivity index (χ0v) is 11.9. The third kappa shape index (κ3) is 3.23. The summed E-state index contributed by atoms with van der Waals surface area (Å²) in [5.74, 6) is 0.814. The van der Waals surface area contributed by atoms with Gasteiger partial charge < -0.3 is 5.32 Å². The molecule has 1 saturated carbocycles. The normalized spacial score (nSPS) is 34.8. The molecule has 2 nitrogen and oxygen atoms in total. The van der Waals surface area contributed by atoms with Crippen LogP contribution in [0.5, 0.6) is 0 Å². The summed E-state index contributed by atoms with van der Waals surface area (Å²) in [6, 6.07) is 2.34. The van der Waals surface area contributed by atoms with Crippen molar-refractivity contribution in [3.05, 3.63) is 0 Å². The van der Waals surface area contributed by atoms with Crippen LogP contribution in [0.3, 0.4) is 0 Å². The second-order valence-electron chi connectivity index (χ2n) is 6.24. The molecule has 1 aliphatic heterocycles. The molecule has 0 amide bonds. The van der Waals surface area contributed by atoms with Crippen LogP contribution >= 0.6 is 0 Å². The number of hydrogen-bond donors (Lipinski definition) is 1. The van der Waals surface area contributed by atoms with Gasteiger partial charge >= 0.3 is 0 Å². The Balaban J connectivity index is 1.93. The van der Waals surface area contributed by atoms with Crippen molar-refractivity contribution < 1.29 is 0 Å². The SMILES string of the molecule is CCC(C)C1CN(C2CCCCC2)C(C)CN1. The average Bonchev–Trinajstić information content (AvgIpc) is 2.39. The lowest BCUT2D eigenvalue weighted by Gasteiger charge is -2.46. The van der Waals surface area contributed by atoms with E-state index in [0.717, 1.165) is 24.0 Å². The van der Waals surface area contributed by atoms with Gasteiger partial charge in [-0.2, -0.15) is 0 Å². The van der Waals surface area contributed by atoms with Crippen LogP contribution in [-0.2, 0) is 0 Å². The zero-order valence-electron chi connectivity index (χ0n) is 11.9. The van der Waals surface area contributed by atoms with Crippen molar-refractivity contribution >= 4 is 0 Å². The fourth-order valence-electron chi connectivity index (χ4n) is 3.50. The summed E-state index contributed by atoms with van der Waals surface area (Å²) in [6.45, 7) is 9.57. The van der Waals surface area contributed by atoms with Crippen molar-refractivity contribution in [1.82, 2.24) is 10.2 Å². The highest BCUT2D eigenvalue weighted by atomic mass is 15.3. The molecule has 0 bridgehead atoms. The molecular formula is C15H30N2. The smallest absolute Gasteiger partial charge is 0.0221 e. The summed E-state index contributed by atoms with van der Waals surface area (Å²) in [6.07, 6.45) is 8.55. The van der Waals surface area contributed by atoms with Gasteiger partial charge in [-0.3, -0.25) is 4.90 Å². The third-order valence-electron chi connectivity index (χ3n) is 5.02. The molecule has 0 radical (unpaired) electrons. The van der Waals surface area contributed by atoms with Gasteiger partial charge in [0, 0.05) is 31.2 Å². The van der Waals surface area contributed by atoms with E-state index < -0.39 is 0 Å². The lowest BCUT2D eigenvalue weighted by Crippen LogP contribution is -2.60. The number of nitrogens with zero attached hydrogens (tertiary/aromatic N) is 1. The Morgan fingerprint density at radius 3 is 2.59 bits per heavy atom. The van der Waals surface area contributed by atoms with Crippen LogP contribution in [0.4, 0.5) is 0 Å². The molecule has 0 aromatic rings. The van der Waals surface area contributed by atoms with Crippen molar-refractivity contribution in [2.24, 2.45) is 5.92 Å². The summed E-state index contributed by atoms with van der Waals surface area (Å²) in [4.78, 5) is 2.81. The zero-order chi connectivity index (χ0) is 12.3. The minimum Gasteiger partial charge on any atom is -0.311 e. The molecule has 1 heterocycles. The predicted octanol–water partition coefficient (Wildman–Crippen LogP) is 3.03. The highest BCUT2D eigenvalue weighted by Crippen LogP contribution is 2.26. The minimum atomic E-state index is 0.720. The second kappa shape index (κ2) is 6.19. The van der Waals surface area contributed by atoms with Crippen molar-refractivity contribution in [3.63, 3.8) is 0 Å². The van der Waals surface area contributed by atoms with E-state index in [9.17, 15) is 0 Å². The predicted molar refractivity (Wildman–Crippen MR) is 74.3 cm³/mol. The van der Waals surface area contributed by atoms with Crippen LogP contribution in [0.15, 0.2) is 0 Å². The maximum Gasteiger partial charge on any atom is 0.0221 e. The molecule has 2 rings (SSSR count). The summed E-state index contributed by atoms with van der Waals surface area (Å²) in [5, 5.41) is 3.75. The van der Waals surface area contributed by atoms with Gasteiger partial charge in [0.15, 0.2) is 0 Å². The van der Waals surface area contributed by atoms with Crippen LogP contribution in [0, 0.1) is 5.92 Å². The van der Waals surface area contributed by atoms with E-state index in [-0.39, 0.29) is 0 Å². The minimum absolute atomic E-state index is 0.720. The first-order valence-corrected chi connectivity index (χ1v) is 7.71. The Labute approximate surface area is 107 Å². The summed E-state index contributed by atoms with van der Waals surface area (Å²) in [7, 11) is 0. The van der Waals surface area contributed by atoms with Crippen LogP contribution in [-0.4, -0.2) is 36.1 Å². The van der Waals surface area contributed by atoms with Crippen molar-refractivity contribution in [3.8, 4) is 0 Å². The Bertz CT molecular complexity index is 223. The highest BCUT2D eigenvalue weighted by molar-refractivity contribution is 4.90. The molecule has 1 aliphatic carbocycles. The Morgan fingerprint density at radius 1 is 1.24 bits per heavy atom. The van der Waals surface area contributed by atoms with Crippen molar-refractivity contribution in [2.75, 3.05) is 13.1 Å². The quantitative estimate of drug-likeness (QED) is 0.813. The number of nitrogens with one attached hydrogen (secondary N) is 1. The maximum atomic E-state index is 3.75. The Hall–Kier alpha value is -0.0800. The maximum absolute atomic E-state index is 3.75. The van der Waals surface area contributed by atoms with Gasteiger partial charge in [-0.05, 0) is 25.7 Å². The van der Waals surface area contributed by atoms with Crippen LogP contribution < -0.4 is 5.32 Å².